The predicted octanol–water partition coefficient (Wildman–Crippen LogP) is 3.48. The summed E-state index contributed by atoms with van der Waals surface area (Å²) in [4.78, 5) is 13.7. The standard InChI is InChI=1S/C19H20N4/c1-2-22-11-12-23(19-6-4-3-5-18(19)22)14-15-7-8-16-17(13-15)21-10-9-20-16/h3-10,13H,2,11-12,14H2,1H3. The summed E-state index contributed by atoms with van der Waals surface area (Å²) in [7, 11) is 0. The Morgan fingerprint density at radius 1 is 0.870 bits per heavy atom. The second-order valence-corrected chi connectivity index (χ2v) is 5.87. The lowest BCUT2D eigenvalue weighted by Gasteiger charge is -2.38. The number of para-hydroxylation sites is 2. The Labute approximate surface area is 136 Å². The molecule has 0 atom stereocenters. The van der Waals surface area contributed by atoms with Crippen LogP contribution in [-0.2, 0) is 6.54 Å². The van der Waals surface area contributed by atoms with Crippen molar-refractivity contribution < 1.29 is 0 Å². The molecule has 0 aliphatic carbocycles. The number of hydrogen-bond donors (Lipinski definition) is 0. The molecule has 0 radical (unpaired) electrons. The number of hydrogen-bond acceptors (Lipinski definition) is 4. The molecule has 4 nitrogen and oxygen atoms in total. The average molecular weight is 304 g/mol. The maximum Gasteiger partial charge on any atom is 0.0890 e. The molecular weight excluding hydrogens is 284 g/mol. The summed E-state index contributed by atoms with van der Waals surface area (Å²) in [5.41, 5.74) is 5.84. The molecule has 4 rings (SSSR count). The highest BCUT2D eigenvalue weighted by Gasteiger charge is 2.21. The van der Waals surface area contributed by atoms with Crippen LogP contribution in [0.15, 0.2) is 54.9 Å². The van der Waals surface area contributed by atoms with Crippen molar-refractivity contribution in [2.24, 2.45) is 0 Å². The maximum absolute atomic E-state index is 4.42. The summed E-state index contributed by atoms with van der Waals surface area (Å²) in [6.07, 6.45) is 3.49. The minimum absolute atomic E-state index is 0.904. The first-order valence-electron chi connectivity index (χ1n) is 8.14. The lowest BCUT2D eigenvalue weighted by Crippen LogP contribution is -2.40. The van der Waals surface area contributed by atoms with Gasteiger partial charge in [-0.2, -0.15) is 0 Å². The van der Waals surface area contributed by atoms with Crippen LogP contribution in [0.5, 0.6) is 0 Å². The van der Waals surface area contributed by atoms with Crippen molar-refractivity contribution in [1.82, 2.24) is 9.97 Å². The molecule has 0 unspecified atom stereocenters. The van der Waals surface area contributed by atoms with Gasteiger partial charge in [0, 0.05) is 38.6 Å². The number of aromatic nitrogens is 2. The van der Waals surface area contributed by atoms with Crippen LogP contribution in [0.4, 0.5) is 11.4 Å². The molecule has 0 fully saturated rings. The Kier molecular flexibility index (Phi) is 3.58. The predicted molar refractivity (Wildman–Crippen MR) is 94.9 cm³/mol. The Bertz CT molecular complexity index is 830. The van der Waals surface area contributed by atoms with E-state index < -0.39 is 0 Å². The van der Waals surface area contributed by atoms with Crippen molar-refractivity contribution in [2.75, 3.05) is 29.4 Å². The first-order chi connectivity index (χ1) is 11.3. The first kappa shape index (κ1) is 14.0. The van der Waals surface area contributed by atoms with Gasteiger partial charge in [0.15, 0.2) is 0 Å². The van der Waals surface area contributed by atoms with Crippen LogP contribution in [0.3, 0.4) is 0 Å². The summed E-state index contributed by atoms with van der Waals surface area (Å²) in [6, 6.07) is 15.1. The van der Waals surface area contributed by atoms with Gasteiger partial charge in [0.25, 0.3) is 0 Å². The van der Waals surface area contributed by atoms with E-state index >= 15 is 0 Å². The second kappa shape index (κ2) is 5.88. The van der Waals surface area contributed by atoms with Crippen molar-refractivity contribution in [3.8, 4) is 0 Å². The molecule has 4 heteroatoms. The van der Waals surface area contributed by atoms with Gasteiger partial charge in [0.05, 0.1) is 22.4 Å². The van der Waals surface area contributed by atoms with Crippen LogP contribution in [-0.4, -0.2) is 29.6 Å². The molecule has 0 spiro atoms. The van der Waals surface area contributed by atoms with Gasteiger partial charge in [-0.1, -0.05) is 18.2 Å². The molecule has 0 bridgehead atoms. The first-order valence-corrected chi connectivity index (χ1v) is 8.14. The number of fused-ring (bicyclic) bond motifs is 2. The van der Waals surface area contributed by atoms with Crippen LogP contribution in [0, 0.1) is 0 Å². The van der Waals surface area contributed by atoms with E-state index in [-0.39, 0.29) is 0 Å². The largest absolute Gasteiger partial charge is 0.368 e. The molecule has 0 amide bonds. The van der Waals surface area contributed by atoms with E-state index in [9.17, 15) is 0 Å². The fraction of sp³-hybridized carbons (Fsp3) is 0.263. The van der Waals surface area contributed by atoms with Crippen LogP contribution in [0.1, 0.15) is 12.5 Å². The van der Waals surface area contributed by atoms with E-state index in [0.717, 1.165) is 37.2 Å². The van der Waals surface area contributed by atoms with E-state index in [1.54, 1.807) is 12.4 Å². The maximum atomic E-state index is 4.42. The molecule has 1 aliphatic rings. The molecule has 1 aromatic heterocycles. The second-order valence-electron chi connectivity index (χ2n) is 5.87. The average Bonchev–Trinajstić information content (AvgIpc) is 2.62. The van der Waals surface area contributed by atoms with Crippen molar-refractivity contribution in [2.45, 2.75) is 13.5 Å². The fourth-order valence-electron chi connectivity index (χ4n) is 3.30. The minimum atomic E-state index is 0.904. The highest BCUT2D eigenvalue weighted by molar-refractivity contribution is 5.76. The molecule has 0 saturated carbocycles. The zero-order valence-electron chi connectivity index (χ0n) is 13.3. The molecule has 23 heavy (non-hydrogen) atoms. The van der Waals surface area contributed by atoms with Gasteiger partial charge in [-0.25, -0.2) is 0 Å². The number of likely N-dealkylation sites (N-methyl/N-ethyl adjacent to an activating group) is 1. The number of rotatable bonds is 3. The summed E-state index contributed by atoms with van der Waals surface area (Å²) in [6.45, 7) is 6.29. The molecule has 2 aromatic carbocycles. The molecule has 0 saturated heterocycles. The van der Waals surface area contributed by atoms with Gasteiger partial charge < -0.3 is 9.80 Å². The number of anilines is 2. The van der Waals surface area contributed by atoms with Crippen LogP contribution >= 0.6 is 0 Å². The highest BCUT2D eigenvalue weighted by Crippen LogP contribution is 2.33. The number of benzene rings is 2. The smallest absolute Gasteiger partial charge is 0.0890 e. The van der Waals surface area contributed by atoms with Crippen molar-refractivity contribution in [3.63, 3.8) is 0 Å². The third-order valence-corrected chi connectivity index (χ3v) is 4.49. The van der Waals surface area contributed by atoms with E-state index in [4.69, 9.17) is 0 Å². The van der Waals surface area contributed by atoms with Gasteiger partial charge in [-0.3, -0.25) is 9.97 Å². The molecule has 3 aromatic rings. The van der Waals surface area contributed by atoms with Gasteiger partial charge >= 0.3 is 0 Å². The molecule has 0 N–H and O–H groups in total. The quantitative estimate of drug-likeness (QED) is 0.741. The monoisotopic (exact) mass is 304 g/mol. The van der Waals surface area contributed by atoms with Gasteiger partial charge in [-0.15, -0.1) is 0 Å². The summed E-state index contributed by atoms with van der Waals surface area (Å²) in [5, 5.41) is 0. The number of nitrogens with zero attached hydrogens (tertiary/aromatic N) is 4. The van der Waals surface area contributed by atoms with Crippen molar-refractivity contribution >= 4 is 22.4 Å². The molecule has 2 heterocycles. The van der Waals surface area contributed by atoms with Gasteiger partial charge in [0.1, 0.15) is 0 Å². The normalized spacial score (nSPS) is 14.1. The Hall–Kier alpha value is -2.62. The Morgan fingerprint density at radius 2 is 1.57 bits per heavy atom. The highest BCUT2D eigenvalue weighted by atomic mass is 15.3. The Morgan fingerprint density at radius 3 is 2.35 bits per heavy atom. The van der Waals surface area contributed by atoms with E-state index in [2.05, 4.69) is 69.2 Å². The van der Waals surface area contributed by atoms with Crippen molar-refractivity contribution in [3.05, 3.63) is 60.4 Å². The van der Waals surface area contributed by atoms with E-state index in [1.807, 2.05) is 0 Å². The summed E-state index contributed by atoms with van der Waals surface area (Å²) in [5.74, 6) is 0. The van der Waals surface area contributed by atoms with Crippen LogP contribution in [0.2, 0.25) is 0 Å². The molecular formula is C19H20N4. The minimum Gasteiger partial charge on any atom is -0.368 e. The topological polar surface area (TPSA) is 32.3 Å². The lowest BCUT2D eigenvalue weighted by atomic mass is 10.1. The molecule has 1 aliphatic heterocycles. The van der Waals surface area contributed by atoms with E-state index in [1.165, 1.54) is 16.9 Å². The Balaban J connectivity index is 1.65. The third kappa shape index (κ3) is 2.61. The van der Waals surface area contributed by atoms with Gasteiger partial charge in [0.2, 0.25) is 0 Å². The summed E-state index contributed by atoms with van der Waals surface area (Å²) < 4.78 is 0. The zero-order chi connectivity index (χ0) is 15.6. The third-order valence-electron chi connectivity index (χ3n) is 4.49. The van der Waals surface area contributed by atoms with Crippen molar-refractivity contribution in [1.29, 1.82) is 0 Å². The SMILES string of the molecule is CCN1CCN(Cc2ccc3nccnc3c2)c2ccccc21. The summed E-state index contributed by atoms with van der Waals surface area (Å²) >= 11 is 0. The lowest BCUT2D eigenvalue weighted by molar-refractivity contribution is 0.708. The van der Waals surface area contributed by atoms with Crippen LogP contribution in [0.25, 0.3) is 11.0 Å². The zero-order valence-corrected chi connectivity index (χ0v) is 13.3. The van der Waals surface area contributed by atoms with E-state index in [0.29, 0.717) is 0 Å². The fourth-order valence-corrected chi connectivity index (χ4v) is 3.30. The van der Waals surface area contributed by atoms with Crippen LogP contribution < -0.4 is 9.80 Å². The molecule has 116 valence electrons. The van der Waals surface area contributed by atoms with Gasteiger partial charge in [-0.05, 0) is 36.8 Å².